The number of hydrogen-bond acceptors (Lipinski definition) is 5. The van der Waals surface area contributed by atoms with Gasteiger partial charge in [0.2, 0.25) is 0 Å². The minimum atomic E-state index is -0.625. The van der Waals surface area contributed by atoms with Gasteiger partial charge in [0.15, 0.2) is 5.78 Å². The average molecular weight is 270 g/mol. The Balaban J connectivity index is 2.58. The van der Waals surface area contributed by atoms with E-state index in [0.717, 1.165) is 17.2 Å². The minimum absolute atomic E-state index is 0.161. The van der Waals surface area contributed by atoms with Crippen LogP contribution in [0.1, 0.15) is 43.1 Å². The number of nitrogens with one attached hydrogen (secondary N) is 1. The van der Waals surface area contributed by atoms with E-state index in [2.05, 4.69) is 9.69 Å². The number of ether oxygens (including phenoxy) is 1. The molecule has 1 atom stereocenters. The van der Waals surface area contributed by atoms with Gasteiger partial charge in [-0.05, 0) is 52.2 Å². The van der Waals surface area contributed by atoms with Gasteiger partial charge in [0.25, 0.3) is 0 Å². The zero-order valence-electron chi connectivity index (χ0n) is 11.2. The average Bonchev–Trinajstić information content (AvgIpc) is 2.60. The molecule has 0 aromatic carbocycles. The van der Waals surface area contributed by atoms with Crippen molar-refractivity contribution in [3.63, 3.8) is 0 Å². The van der Waals surface area contributed by atoms with E-state index in [9.17, 15) is 9.59 Å². The summed E-state index contributed by atoms with van der Waals surface area (Å²) in [6.45, 7) is 8.75. The largest absolute Gasteiger partial charge is 0.444 e. The molecular weight excluding hydrogens is 252 g/mol. The molecule has 0 bridgehead atoms. The number of nitrogens with zero attached hydrogens (tertiary/aromatic N) is 1. The van der Waals surface area contributed by atoms with Crippen molar-refractivity contribution in [1.29, 1.82) is 0 Å². The van der Waals surface area contributed by atoms with Gasteiger partial charge in [-0.2, -0.15) is 4.37 Å². The zero-order chi connectivity index (χ0) is 13.9. The van der Waals surface area contributed by atoms with Gasteiger partial charge in [-0.25, -0.2) is 4.79 Å². The van der Waals surface area contributed by atoms with E-state index >= 15 is 0 Å². The van der Waals surface area contributed by atoms with Crippen molar-refractivity contribution in [3.05, 3.63) is 16.6 Å². The third kappa shape index (κ3) is 4.44. The molecule has 1 aromatic rings. The number of amides is 1. The fourth-order valence-electron chi connectivity index (χ4n) is 1.24. The van der Waals surface area contributed by atoms with Crippen LogP contribution in [-0.4, -0.2) is 27.9 Å². The van der Waals surface area contributed by atoms with Crippen molar-refractivity contribution in [1.82, 2.24) is 9.69 Å². The van der Waals surface area contributed by atoms with E-state index < -0.39 is 17.7 Å². The quantitative estimate of drug-likeness (QED) is 0.857. The topological polar surface area (TPSA) is 68.3 Å². The van der Waals surface area contributed by atoms with Crippen molar-refractivity contribution >= 4 is 23.4 Å². The fourth-order valence-corrected chi connectivity index (χ4v) is 2.03. The summed E-state index contributed by atoms with van der Waals surface area (Å²) >= 11 is 1.13. The van der Waals surface area contributed by atoms with Crippen LogP contribution in [0.5, 0.6) is 0 Å². The second-order valence-electron chi connectivity index (χ2n) is 5.06. The van der Waals surface area contributed by atoms with Crippen molar-refractivity contribution < 1.29 is 14.3 Å². The van der Waals surface area contributed by atoms with Gasteiger partial charge in [-0.15, -0.1) is 0 Å². The highest BCUT2D eigenvalue weighted by atomic mass is 32.1. The molecule has 0 aliphatic heterocycles. The molecule has 100 valence electrons. The molecule has 5 nitrogen and oxygen atoms in total. The molecule has 1 amide bonds. The third-order valence-electron chi connectivity index (χ3n) is 2.00. The Hall–Kier alpha value is -1.43. The van der Waals surface area contributed by atoms with Crippen LogP contribution in [0.3, 0.4) is 0 Å². The van der Waals surface area contributed by atoms with E-state index in [1.54, 1.807) is 33.8 Å². The first-order valence-corrected chi connectivity index (χ1v) is 6.43. The molecule has 1 N–H and O–H groups in total. The summed E-state index contributed by atoms with van der Waals surface area (Å²) in [6.07, 6.45) is -0.593. The van der Waals surface area contributed by atoms with Gasteiger partial charge in [0.1, 0.15) is 5.60 Å². The van der Waals surface area contributed by atoms with Gasteiger partial charge in [-0.3, -0.25) is 4.79 Å². The normalized spacial score (nSPS) is 12.9. The maximum Gasteiger partial charge on any atom is 0.408 e. The van der Waals surface area contributed by atoms with Crippen LogP contribution in [-0.2, 0) is 4.74 Å². The highest BCUT2D eigenvalue weighted by molar-refractivity contribution is 7.08. The lowest BCUT2D eigenvalue weighted by Gasteiger charge is -2.21. The molecule has 0 spiro atoms. The molecule has 0 aliphatic rings. The van der Waals surface area contributed by atoms with Crippen molar-refractivity contribution in [2.75, 3.05) is 0 Å². The van der Waals surface area contributed by atoms with Crippen LogP contribution >= 0.6 is 11.5 Å². The van der Waals surface area contributed by atoms with Gasteiger partial charge < -0.3 is 10.1 Å². The first-order valence-electron chi connectivity index (χ1n) is 5.66. The Morgan fingerprint density at radius 3 is 2.50 bits per heavy atom. The summed E-state index contributed by atoms with van der Waals surface area (Å²) in [5.41, 5.74) is 0.223. The fraction of sp³-hybridized carbons (Fsp3) is 0.583. The summed E-state index contributed by atoms with van der Waals surface area (Å²) in [7, 11) is 0. The molecule has 0 aliphatic carbocycles. The van der Waals surface area contributed by atoms with Gasteiger partial charge in [-0.1, -0.05) is 0 Å². The lowest BCUT2D eigenvalue weighted by atomic mass is 10.2. The van der Waals surface area contributed by atoms with Crippen molar-refractivity contribution in [3.8, 4) is 0 Å². The van der Waals surface area contributed by atoms with Gasteiger partial charge >= 0.3 is 6.09 Å². The second kappa shape index (κ2) is 5.48. The molecule has 1 rings (SSSR count). The number of Topliss-reactive ketones (excluding diaryl/α,β-unsaturated/α-hetero) is 1. The number of alkyl carbamates (subject to hydrolysis) is 1. The third-order valence-corrected chi connectivity index (χ3v) is 2.89. The predicted molar refractivity (Wildman–Crippen MR) is 70.0 cm³/mol. The summed E-state index contributed by atoms with van der Waals surface area (Å²) in [6, 6.07) is 1.08. The monoisotopic (exact) mass is 270 g/mol. The summed E-state index contributed by atoms with van der Waals surface area (Å²) in [5.74, 6) is -0.161. The van der Waals surface area contributed by atoms with Crippen molar-refractivity contribution in [2.24, 2.45) is 0 Å². The molecule has 1 heterocycles. The Morgan fingerprint density at radius 2 is 2.06 bits per heavy atom. The van der Waals surface area contributed by atoms with Crippen molar-refractivity contribution in [2.45, 2.75) is 46.3 Å². The molecule has 18 heavy (non-hydrogen) atoms. The van der Waals surface area contributed by atoms with Crippen LogP contribution in [0, 0.1) is 6.92 Å². The van der Waals surface area contributed by atoms with E-state index in [4.69, 9.17) is 4.74 Å². The number of aromatic nitrogens is 1. The number of carbonyl (C=O) groups is 2. The predicted octanol–water partition coefficient (Wildman–Crippen LogP) is 2.55. The Labute approximate surface area is 111 Å². The maximum absolute atomic E-state index is 12.0. The molecular formula is C12H18N2O3S. The van der Waals surface area contributed by atoms with Crippen LogP contribution in [0.15, 0.2) is 6.07 Å². The minimum Gasteiger partial charge on any atom is -0.444 e. The number of rotatable bonds is 3. The van der Waals surface area contributed by atoms with E-state index in [1.165, 1.54) is 0 Å². The van der Waals surface area contributed by atoms with Gasteiger partial charge in [0, 0.05) is 0 Å². The standard InChI is InChI=1S/C12H18N2O3S/c1-7-6-9(18-14-7)10(15)8(2)13-11(16)17-12(3,4)5/h6,8H,1-5H3,(H,13,16)/t8-/m0/s1. The Morgan fingerprint density at radius 1 is 1.44 bits per heavy atom. The molecule has 6 heteroatoms. The summed E-state index contributed by atoms with van der Waals surface area (Å²) in [4.78, 5) is 24.0. The molecule has 0 radical (unpaired) electrons. The number of ketones is 1. The first-order chi connectivity index (χ1) is 8.19. The number of hydrogen-bond donors (Lipinski definition) is 1. The number of aryl methyl sites for hydroxylation is 1. The lowest BCUT2D eigenvalue weighted by molar-refractivity contribution is 0.0497. The molecule has 1 aromatic heterocycles. The van der Waals surface area contributed by atoms with Crippen LogP contribution in [0.25, 0.3) is 0 Å². The van der Waals surface area contributed by atoms with Crippen LogP contribution < -0.4 is 5.32 Å². The Bertz CT molecular complexity index is 448. The highest BCUT2D eigenvalue weighted by Gasteiger charge is 2.22. The second-order valence-corrected chi connectivity index (χ2v) is 5.87. The van der Waals surface area contributed by atoms with Crippen LogP contribution in [0.4, 0.5) is 4.79 Å². The maximum atomic E-state index is 12.0. The van der Waals surface area contributed by atoms with Crippen LogP contribution in [0.2, 0.25) is 0 Å². The van der Waals surface area contributed by atoms with E-state index in [-0.39, 0.29) is 5.78 Å². The van der Waals surface area contributed by atoms with E-state index in [1.807, 2.05) is 6.92 Å². The molecule has 0 unspecified atom stereocenters. The summed E-state index contributed by atoms with van der Waals surface area (Å²) < 4.78 is 9.12. The smallest absolute Gasteiger partial charge is 0.408 e. The lowest BCUT2D eigenvalue weighted by Crippen LogP contribution is -2.41. The zero-order valence-corrected chi connectivity index (χ0v) is 12.1. The van der Waals surface area contributed by atoms with E-state index in [0.29, 0.717) is 4.88 Å². The molecule has 0 saturated heterocycles. The first kappa shape index (κ1) is 14.6. The molecule has 0 fully saturated rings. The van der Waals surface area contributed by atoms with Gasteiger partial charge in [0.05, 0.1) is 16.6 Å². The highest BCUT2D eigenvalue weighted by Crippen LogP contribution is 2.12. The Kier molecular flexibility index (Phi) is 4.45. The SMILES string of the molecule is Cc1cc(C(=O)[C@H](C)NC(=O)OC(C)(C)C)sn1. The molecule has 0 saturated carbocycles. The summed E-state index contributed by atoms with van der Waals surface area (Å²) in [5, 5.41) is 2.51. The number of carbonyl (C=O) groups excluding carboxylic acids is 2.